The second kappa shape index (κ2) is 7.38. The SMILES string of the molecule is O=CCN(C(=O)/C=C/c1ccccc1)C(=O)N1CCCC1. The average molecular weight is 286 g/mol. The van der Waals surface area contributed by atoms with Crippen molar-refractivity contribution in [1.82, 2.24) is 9.80 Å². The minimum Gasteiger partial charge on any atom is -0.324 e. The molecule has 1 heterocycles. The first kappa shape index (κ1) is 15.0. The standard InChI is InChI=1S/C16H18N2O3/c19-13-12-18(16(21)17-10-4-5-11-17)15(20)9-8-14-6-2-1-3-7-14/h1-3,6-9,13H,4-5,10-12H2/b9-8+. The van der Waals surface area contributed by atoms with Crippen LogP contribution in [0.5, 0.6) is 0 Å². The van der Waals surface area contributed by atoms with Crippen molar-refractivity contribution in [3.8, 4) is 0 Å². The van der Waals surface area contributed by atoms with Crippen LogP contribution in [0, 0.1) is 0 Å². The highest BCUT2D eigenvalue weighted by atomic mass is 16.2. The van der Waals surface area contributed by atoms with E-state index in [2.05, 4.69) is 0 Å². The van der Waals surface area contributed by atoms with E-state index >= 15 is 0 Å². The molecule has 110 valence electrons. The third-order valence-corrected chi connectivity index (χ3v) is 3.35. The molecule has 0 bridgehead atoms. The molecule has 0 spiro atoms. The van der Waals surface area contributed by atoms with Gasteiger partial charge in [0.15, 0.2) is 0 Å². The zero-order valence-corrected chi connectivity index (χ0v) is 11.8. The highest BCUT2D eigenvalue weighted by Crippen LogP contribution is 2.11. The van der Waals surface area contributed by atoms with Crippen LogP contribution in [0.25, 0.3) is 6.08 Å². The van der Waals surface area contributed by atoms with Gasteiger partial charge in [-0.3, -0.25) is 9.69 Å². The molecule has 1 saturated heterocycles. The zero-order chi connectivity index (χ0) is 15.1. The molecule has 1 aromatic carbocycles. The van der Waals surface area contributed by atoms with Crippen molar-refractivity contribution in [1.29, 1.82) is 0 Å². The molecule has 0 aromatic heterocycles. The summed E-state index contributed by atoms with van der Waals surface area (Å²) in [6, 6.07) is 8.94. The fraction of sp³-hybridized carbons (Fsp3) is 0.312. The molecule has 21 heavy (non-hydrogen) atoms. The summed E-state index contributed by atoms with van der Waals surface area (Å²) in [5.74, 6) is -0.470. The summed E-state index contributed by atoms with van der Waals surface area (Å²) in [5, 5.41) is 0. The molecule has 5 nitrogen and oxygen atoms in total. The Morgan fingerprint density at radius 3 is 2.43 bits per heavy atom. The number of carbonyl (C=O) groups excluding carboxylic acids is 3. The van der Waals surface area contributed by atoms with E-state index in [-0.39, 0.29) is 12.6 Å². The van der Waals surface area contributed by atoms with Gasteiger partial charge < -0.3 is 9.69 Å². The number of imide groups is 1. The number of nitrogens with zero attached hydrogens (tertiary/aromatic N) is 2. The van der Waals surface area contributed by atoms with E-state index in [4.69, 9.17) is 0 Å². The Kier molecular flexibility index (Phi) is 5.26. The molecule has 0 unspecified atom stereocenters. The van der Waals surface area contributed by atoms with Crippen LogP contribution >= 0.6 is 0 Å². The van der Waals surface area contributed by atoms with Crippen molar-refractivity contribution in [3.63, 3.8) is 0 Å². The van der Waals surface area contributed by atoms with Gasteiger partial charge in [-0.05, 0) is 24.5 Å². The number of urea groups is 1. The lowest BCUT2D eigenvalue weighted by atomic mass is 10.2. The number of carbonyl (C=O) groups is 3. The summed E-state index contributed by atoms with van der Waals surface area (Å²) < 4.78 is 0. The van der Waals surface area contributed by atoms with Crippen LogP contribution in [-0.2, 0) is 9.59 Å². The quantitative estimate of drug-likeness (QED) is 0.628. The predicted molar refractivity (Wildman–Crippen MR) is 79.5 cm³/mol. The number of hydrogen-bond acceptors (Lipinski definition) is 3. The van der Waals surface area contributed by atoms with Gasteiger partial charge in [-0.25, -0.2) is 4.79 Å². The van der Waals surface area contributed by atoms with Gasteiger partial charge in [-0.2, -0.15) is 0 Å². The maximum atomic E-state index is 12.2. The first-order valence-electron chi connectivity index (χ1n) is 6.99. The van der Waals surface area contributed by atoms with E-state index < -0.39 is 5.91 Å². The molecule has 5 heteroatoms. The Morgan fingerprint density at radius 2 is 1.81 bits per heavy atom. The lowest BCUT2D eigenvalue weighted by molar-refractivity contribution is -0.126. The van der Waals surface area contributed by atoms with Crippen molar-refractivity contribution < 1.29 is 14.4 Å². The molecule has 0 aliphatic carbocycles. The minimum atomic E-state index is -0.470. The summed E-state index contributed by atoms with van der Waals surface area (Å²) in [5.41, 5.74) is 0.866. The smallest absolute Gasteiger partial charge is 0.324 e. The van der Waals surface area contributed by atoms with Crippen LogP contribution in [0.15, 0.2) is 36.4 Å². The van der Waals surface area contributed by atoms with Crippen LogP contribution < -0.4 is 0 Å². The van der Waals surface area contributed by atoms with Gasteiger partial charge in [0.25, 0.3) is 5.91 Å². The highest BCUT2D eigenvalue weighted by Gasteiger charge is 2.26. The molecule has 1 fully saturated rings. The van der Waals surface area contributed by atoms with E-state index in [1.807, 2.05) is 30.3 Å². The van der Waals surface area contributed by atoms with Crippen LogP contribution in [0.4, 0.5) is 4.79 Å². The van der Waals surface area contributed by atoms with Gasteiger partial charge in [0.1, 0.15) is 6.29 Å². The lowest BCUT2D eigenvalue weighted by Gasteiger charge is -2.23. The Balaban J connectivity index is 2.06. The van der Waals surface area contributed by atoms with Gasteiger partial charge in [0, 0.05) is 19.2 Å². The van der Waals surface area contributed by atoms with Crippen molar-refractivity contribution in [3.05, 3.63) is 42.0 Å². The zero-order valence-electron chi connectivity index (χ0n) is 11.8. The van der Waals surface area contributed by atoms with Crippen molar-refractivity contribution in [2.75, 3.05) is 19.6 Å². The minimum absolute atomic E-state index is 0.215. The summed E-state index contributed by atoms with van der Waals surface area (Å²) in [7, 11) is 0. The van der Waals surface area contributed by atoms with Crippen molar-refractivity contribution in [2.24, 2.45) is 0 Å². The molecule has 1 aliphatic rings. The van der Waals surface area contributed by atoms with E-state index in [9.17, 15) is 14.4 Å². The van der Waals surface area contributed by atoms with Gasteiger partial charge >= 0.3 is 6.03 Å². The van der Waals surface area contributed by atoms with Crippen LogP contribution in [0.1, 0.15) is 18.4 Å². The van der Waals surface area contributed by atoms with Gasteiger partial charge in [0.05, 0.1) is 6.54 Å². The molecule has 1 aromatic rings. The summed E-state index contributed by atoms with van der Waals surface area (Å²) in [6.45, 7) is 1.07. The van der Waals surface area contributed by atoms with Crippen molar-refractivity contribution >= 4 is 24.3 Å². The maximum absolute atomic E-state index is 12.2. The summed E-state index contributed by atoms with van der Waals surface area (Å²) >= 11 is 0. The Labute approximate surface area is 123 Å². The van der Waals surface area contributed by atoms with Crippen LogP contribution in [-0.4, -0.2) is 47.7 Å². The van der Waals surface area contributed by atoms with E-state index in [1.165, 1.54) is 6.08 Å². The fourth-order valence-electron chi connectivity index (χ4n) is 2.24. The molecular formula is C16H18N2O3. The fourth-order valence-corrected chi connectivity index (χ4v) is 2.24. The Morgan fingerprint density at radius 1 is 1.14 bits per heavy atom. The van der Waals surface area contributed by atoms with Gasteiger partial charge in [-0.1, -0.05) is 30.3 Å². The number of amides is 3. The molecule has 0 N–H and O–H groups in total. The van der Waals surface area contributed by atoms with Crippen LogP contribution in [0.2, 0.25) is 0 Å². The molecule has 0 radical (unpaired) electrons. The molecule has 2 rings (SSSR count). The topological polar surface area (TPSA) is 57.7 Å². The number of benzene rings is 1. The molecule has 0 saturated carbocycles. The summed E-state index contributed by atoms with van der Waals surface area (Å²) in [6.07, 6.45) is 5.41. The number of likely N-dealkylation sites (tertiary alicyclic amines) is 1. The van der Waals surface area contributed by atoms with Crippen LogP contribution in [0.3, 0.4) is 0 Å². The Hall–Kier alpha value is -2.43. The maximum Gasteiger partial charge on any atom is 0.327 e. The number of aldehydes is 1. The van der Waals surface area contributed by atoms with Gasteiger partial charge in [0.2, 0.25) is 0 Å². The first-order chi connectivity index (χ1) is 10.2. The molecule has 0 atom stereocenters. The van der Waals surface area contributed by atoms with Crippen molar-refractivity contribution in [2.45, 2.75) is 12.8 Å². The average Bonchev–Trinajstić information content (AvgIpc) is 3.05. The third kappa shape index (κ3) is 4.02. The molecular weight excluding hydrogens is 268 g/mol. The molecule has 1 aliphatic heterocycles. The predicted octanol–water partition coefficient (Wildman–Crippen LogP) is 1.94. The largest absolute Gasteiger partial charge is 0.327 e. The second-order valence-corrected chi connectivity index (χ2v) is 4.84. The first-order valence-corrected chi connectivity index (χ1v) is 6.99. The van der Waals surface area contributed by atoms with E-state index in [0.717, 1.165) is 23.3 Å². The second-order valence-electron chi connectivity index (χ2n) is 4.84. The Bertz CT molecular complexity index is 534. The highest BCUT2D eigenvalue weighted by molar-refractivity contribution is 6.03. The third-order valence-electron chi connectivity index (χ3n) is 3.35. The monoisotopic (exact) mass is 286 g/mol. The number of rotatable bonds is 4. The molecule has 3 amide bonds. The van der Waals surface area contributed by atoms with E-state index in [1.54, 1.807) is 11.0 Å². The van der Waals surface area contributed by atoms with Gasteiger partial charge in [-0.15, -0.1) is 0 Å². The summed E-state index contributed by atoms with van der Waals surface area (Å²) in [4.78, 5) is 37.7. The normalized spacial score (nSPS) is 14.4. The van der Waals surface area contributed by atoms with E-state index in [0.29, 0.717) is 19.4 Å². The lowest BCUT2D eigenvalue weighted by Crippen LogP contribution is -2.45. The number of hydrogen-bond donors (Lipinski definition) is 0.